The van der Waals surface area contributed by atoms with Crippen LogP contribution in [-0.4, -0.2) is 43.7 Å². The summed E-state index contributed by atoms with van der Waals surface area (Å²) in [6, 6.07) is 9.78. The number of nitrogens with zero attached hydrogens (tertiary/aromatic N) is 1. The number of halogens is 2. The molecule has 0 radical (unpaired) electrons. The van der Waals surface area contributed by atoms with Gasteiger partial charge >= 0.3 is 11.8 Å². The standard InChI is InChI=1S/C22H25ClFN3O4S/c1-15-14-19(9-10-20(15)24)32(30,31)27-13-3-2-4-18(27)11-12-25-21(28)22(29)26-17-7-5-16(23)6-8-17/h5-10,14,18H,2-4,11-13H2,1H3,(H,25,28)(H,26,29)/t18-/m1/s1. The highest BCUT2D eigenvalue weighted by Crippen LogP contribution is 2.27. The van der Waals surface area contributed by atoms with Crippen LogP contribution in [0, 0.1) is 12.7 Å². The van der Waals surface area contributed by atoms with Gasteiger partial charge in [0.2, 0.25) is 10.0 Å². The molecule has 1 fully saturated rings. The Hall–Kier alpha value is -2.49. The quantitative estimate of drug-likeness (QED) is 0.617. The molecule has 1 heterocycles. The second kappa shape index (κ2) is 10.4. The molecule has 2 N–H and O–H groups in total. The van der Waals surface area contributed by atoms with Gasteiger partial charge < -0.3 is 10.6 Å². The van der Waals surface area contributed by atoms with Crippen LogP contribution in [0.1, 0.15) is 31.2 Å². The average Bonchev–Trinajstić information content (AvgIpc) is 2.77. The number of piperidine rings is 1. The molecule has 0 unspecified atom stereocenters. The number of carbonyl (C=O) groups is 2. The van der Waals surface area contributed by atoms with Gasteiger partial charge in [-0.05, 0) is 74.2 Å². The Bertz CT molecular complexity index is 1090. The summed E-state index contributed by atoms with van der Waals surface area (Å²) in [5.74, 6) is -2.08. The van der Waals surface area contributed by atoms with Crippen LogP contribution < -0.4 is 10.6 Å². The van der Waals surface area contributed by atoms with E-state index in [9.17, 15) is 22.4 Å². The Balaban J connectivity index is 1.59. The fourth-order valence-corrected chi connectivity index (χ4v) is 5.58. The summed E-state index contributed by atoms with van der Waals surface area (Å²) in [7, 11) is -3.80. The van der Waals surface area contributed by atoms with E-state index in [-0.39, 0.29) is 23.0 Å². The Morgan fingerprint density at radius 1 is 1.12 bits per heavy atom. The molecule has 2 amide bonds. The third-order valence-electron chi connectivity index (χ3n) is 5.38. The Morgan fingerprint density at radius 3 is 2.53 bits per heavy atom. The third-order valence-corrected chi connectivity index (χ3v) is 7.58. The van der Waals surface area contributed by atoms with Crippen molar-refractivity contribution < 1.29 is 22.4 Å². The lowest BCUT2D eigenvalue weighted by Gasteiger charge is -2.34. The zero-order valence-corrected chi connectivity index (χ0v) is 19.2. The van der Waals surface area contributed by atoms with Crippen LogP contribution in [0.5, 0.6) is 0 Å². The Morgan fingerprint density at radius 2 is 1.84 bits per heavy atom. The van der Waals surface area contributed by atoms with Crippen molar-refractivity contribution in [3.8, 4) is 0 Å². The molecule has 7 nitrogen and oxygen atoms in total. The third kappa shape index (κ3) is 5.85. The van der Waals surface area contributed by atoms with Crippen molar-refractivity contribution in [2.75, 3.05) is 18.4 Å². The molecule has 0 aliphatic carbocycles. The Labute approximate surface area is 192 Å². The van der Waals surface area contributed by atoms with Gasteiger partial charge in [0.15, 0.2) is 0 Å². The summed E-state index contributed by atoms with van der Waals surface area (Å²) in [5, 5.41) is 5.53. The van der Waals surface area contributed by atoms with Crippen molar-refractivity contribution in [1.29, 1.82) is 0 Å². The minimum Gasteiger partial charge on any atom is -0.348 e. The first-order valence-electron chi connectivity index (χ1n) is 10.3. The van der Waals surface area contributed by atoms with Crippen molar-refractivity contribution in [3.63, 3.8) is 0 Å². The molecule has 1 aliphatic rings. The summed E-state index contributed by atoms with van der Waals surface area (Å²) in [6.07, 6.45) is 2.60. The molecule has 1 aliphatic heterocycles. The fourth-order valence-electron chi connectivity index (χ4n) is 3.65. The molecule has 0 spiro atoms. The SMILES string of the molecule is Cc1cc(S(=O)(=O)N2CCCC[C@@H]2CCNC(=O)C(=O)Nc2ccc(Cl)cc2)ccc1F. The highest BCUT2D eigenvalue weighted by atomic mass is 35.5. The lowest BCUT2D eigenvalue weighted by molar-refractivity contribution is -0.136. The Kier molecular flexibility index (Phi) is 7.86. The largest absolute Gasteiger partial charge is 0.348 e. The maximum atomic E-state index is 13.6. The first kappa shape index (κ1) is 24.2. The van der Waals surface area contributed by atoms with E-state index in [1.165, 1.54) is 23.4 Å². The minimum absolute atomic E-state index is 0.0506. The van der Waals surface area contributed by atoms with E-state index in [1.807, 2.05) is 0 Å². The number of hydrogen-bond donors (Lipinski definition) is 2. The van der Waals surface area contributed by atoms with E-state index in [1.54, 1.807) is 24.3 Å². The molecule has 1 atom stereocenters. The number of amides is 2. The van der Waals surface area contributed by atoms with Gasteiger partial charge in [0, 0.05) is 29.8 Å². The van der Waals surface area contributed by atoms with Crippen molar-refractivity contribution in [2.24, 2.45) is 0 Å². The van der Waals surface area contributed by atoms with E-state index in [0.717, 1.165) is 18.9 Å². The van der Waals surface area contributed by atoms with Gasteiger partial charge in [0.1, 0.15) is 5.82 Å². The van der Waals surface area contributed by atoms with E-state index >= 15 is 0 Å². The molecule has 32 heavy (non-hydrogen) atoms. The number of hydrogen-bond acceptors (Lipinski definition) is 4. The molecule has 10 heteroatoms. The second-order valence-electron chi connectivity index (χ2n) is 7.68. The summed E-state index contributed by atoms with van der Waals surface area (Å²) < 4.78 is 41.3. The molecule has 1 saturated heterocycles. The summed E-state index contributed by atoms with van der Waals surface area (Å²) in [5.41, 5.74) is 0.701. The van der Waals surface area contributed by atoms with Gasteiger partial charge in [0.05, 0.1) is 4.90 Å². The highest BCUT2D eigenvalue weighted by Gasteiger charge is 2.33. The van der Waals surface area contributed by atoms with Crippen LogP contribution >= 0.6 is 11.6 Å². The number of aryl methyl sites for hydroxylation is 1. The summed E-state index contributed by atoms with van der Waals surface area (Å²) in [6.45, 7) is 2.02. The maximum Gasteiger partial charge on any atom is 0.313 e. The first-order valence-corrected chi connectivity index (χ1v) is 12.1. The number of rotatable bonds is 6. The van der Waals surface area contributed by atoms with Gasteiger partial charge in [-0.25, -0.2) is 12.8 Å². The van der Waals surface area contributed by atoms with Crippen molar-refractivity contribution in [1.82, 2.24) is 9.62 Å². The zero-order valence-electron chi connectivity index (χ0n) is 17.6. The van der Waals surface area contributed by atoms with Gasteiger partial charge in [-0.1, -0.05) is 18.0 Å². The van der Waals surface area contributed by atoms with Crippen LogP contribution in [0.2, 0.25) is 5.02 Å². The maximum absolute atomic E-state index is 13.6. The predicted molar refractivity (Wildman–Crippen MR) is 120 cm³/mol. The summed E-state index contributed by atoms with van der Waals surface area (Å²) in [4.78, 5) is 24.2. The number of anilines is 1. The number of sulfonamides is 1. The smallest absolute Gasteiger partial charge is 0.313 e. The zero-order chi connectivity index (χ0) is 23.3. The van der Waals surface area contributed by atoms with Crippen LogP contribution in [0.4, 0.5) is 10.1 Å². The van der Waals surface area contributed by atoms with E-state index in [2.05, 4.69) is 10.6 Å². The molecule has 172 valence electrons. The minimum atomic E-state index is -3.80. The number of nitrogens with one attached hydrogen (secondary N) is 2. The van der Waals surface area contributed by atoms with E-state index in [4.69, 9.17) is 11.6 Å². The molecule has 0 bridgehead atoms. The van der Waals surface area contributed by atoms with Crippen molar-refractivity contribution in [2.45, 2.75) is 43.5 Å². The van der Waals surface area contributed by atoms with Crippen LogP contribution in [0.25, 0.3) is 0 Å². The predicted octanol–water partition coefficient (Wildman–Crippen LogP) is 3.48. The van der Waals surface area contributed by atoms with Gasteiger partial charge in [-0.3, -0.25) is 9.59 Å². The second-order valence-corrected chi connectivity index (χ2v) is 10.0. The van der Waals surface area contributed by atoms with Gasteiger partial charge in [0.25, 0.3) is 0 Å². The monoisotopic (exact) mass is 481 g/mol. The topological polar surface area (TPSA) is 95.6 Å². The number of carbonyl (C=O) groups excluding carboxylic acids is 2. The molecule has 2 aromatic rings. The normalized spacial score (nSPS) is 17.0. The van der Waals surface area contributed by atoms with Crippen LogP contribution in [0.3, 0.4) is 0 Å². The highest BCUT2D eigenvalue weighted by molar-refractivity contribution is 7.89. The van der Waals surface area contributed by atoms with Crippen molar-refractivity contribution >= 4 is 39.1 Å². The van der Waals surface area contributed by atoms with Crippen LogP contribution in [0.15, 0.2) is 47.4 Å². The summed E-state index contributed by atoms with van der Waals surface area (Å²) >= 11 is 5.80. The lowest BCUT2D eigenvalue weighted by atomic mass is 10.0. The lowest BCUT2D eigenvalue weighted by Crippen LogP contribution is -2.45. The molecular formula is C22H25ClFN3O4S. The molecule has 3 rings (SSSR count). The molecular weight excluding hydrogens is 457 g/mol. The first-order chi connectivity index (χ1) is 15.2. The van der Waals surface area contributed by atoms with Crippen molar-refractivity contribution in [3.05, 3.63) is 58.9 Å². The molecule has 2 aromatic carbocycles. The average molecular weight is 482 g/mol. The number of benzene rings is 2. The van der Waals surface area contributed by atoms with E-state index in [0.29, 0.717) is 30.1 Å². The van der Waals surface area contributed by atoms with Gasteiger partial charge in [-0.2, -0.15) is 4.31 Å². The molecule has 0 aromatic heterocycles. The van der Waals surface area contributed by atoms with Gasteiger partial charge in [-0.15, -0.1) is 0 Å². The van der Waals surface area contributed by atoms with Crippen LogP contribution in [-0.2, 0) is 19.6 Å². The van der Waals surface area contributed by atoms with E-state index < -0.39 is 27.7 Å². The molecule has 0 saturated carbocycles. The fraction of sp³-hybridized carbons (Fsp3) is 0.364.